The van der Waals surface area contributed by atoms with E-state index < -0.39 is 0 Å². The molecular formula is C15H23FN2O. The molecule has 0 saturated carbocycles. The molecule has 2 N–H and O–H groups in total. The van der Waals surface area contributed by atoms with E-state index in [2.05, 4.69) is 13.8 Å². The number of carbonyl (C=O) groups is 1. The largest absolute Gasteiger partial charge is 0.330 e. The summed E-state index contributed by atoms with van der Waals surface area (Å²) in [6.45, 7) is 5.25. The van der Waals surface area contributed by atoms with E-state index in [-0.39, 0.29) is 11.7 Å². The fraction of sp³-hybridized carbons (Fsp3) is 0.533. The maximum Gasteiger partial charge on any atom is 0.227 e. The number of halogens is 1. The van der Waals surface area contributed by atoms with Crippen LogP contribution in [0.25, 0.3) is 0 Å². The molecule has 0 radical (unpaired) electrons. The minimum absolute atomic E-state index is 0.0782. The van der Waals surface area contributed by atoms with Crippen molar-refractivity contribution in [2.45, 2.75) is 33.1 Å². The number of anilines is 1. The number of nitrogens with two attached hydrogens (primary N) is 1. The average Bonchev–Trinajstić information content (AvgIpc) is 2.41. The van der Waals surface area contributed by atoms with Crippen LogP contribution in [0.2, 0.25) is 0 Å². The van der Waals surface area contributed by atoms with Gasteiger partial charge in [0, 0.05) is 18.7 Å². The van der Waals surface area contributed by atoms with Crippen molar-refractivity contribution >= 4 is 11.6 Å². The third-order valence-electron chi connectivity index (χ3n) is 3.25. The molecule has 0 aliphatic heterocycles. The lowest BCUT2D eigenvalue weighted by Gasteiger charge is -2.24. The zero-order valence-corrected chi connectivity index (χ0v) is 11.7. The number of hydrogen-bond acceptors (Lipinski definition) is 2. The predicted molar refractivity (Wildman–Crippen MR) is 76.5 cm³/mol. The highest BCUT2D eigenvalue weighted by Crippen LogP contribution is 2.18. The van der Waals surface area contributed by atoms with Crippen molar-refractivity contribution in [1.29, 1.82) is 0 Å². The van der Waals surface area contributed by atoms with E-state index in [1.807, 2.05) is 0 Å². The second-order valence-electron chi connectivity index (χ2n) is 4.88. The Morgan fingerprint density at radius 2 is 2.00 bits per heavy atom. The molecule has 0 heterocycles. The molecule has 106 valence electrons. The number of amides is 1. The Balaban J connectivity index is 2.81. The Bertz CT molecular complexity index is 392. The Morgan fingerprint density at radius 1 is 1.37 bits per heavy atom. The average molecular weight is 266 g/mol. The summed E-state index contributed by atoms with van der Waals surface area (Å²) in [5.41, 5.74) is 6.25. The lowest BCUT2D eigenvalue weighted by atomic mass is 10.0. The van der Waals surface area contributed by atoms with Gasteiger partial charge in [-0.15, -0.1) is 0 Å². The smallest absolute Gasteiger partial charge is 0.227 e. The molecule has 19 heavy (non-hydrogen) atoms. The molecule has 1 atom stereocenters. The Labute approximate surface area is 114 Å². The summed E-state index contributed by atoms with van der Waals surface area (Å²) in [5, 5.41) is 0. The maximum atomic E-state index is 12.9. The summed E-state index contributed by atoms with van der Waals surface area (Å²) in [7, 11) is 0. The van der Waals surface area contributed by atoms with Crippen molar-refractivity contribution in [2.75, 3.05) is 18.0 Å². The van der Waals surface area contributed by atoms with Gasteiger partial charge < -0.3 is 10.6 Å². The summed E-state index contributed by atoms with van der Waals surface area (Å²) >= 11 is 0. The van der Waals surface area contributed by atoms with Crippen molar-refractivity contribution in [3.8, 4) is 0 Å². The molecule has 0 spiro atoms. The van der Waals surface area contributed by atoms with Gasteiger partial charge in [-0.1, -0.05) is 20.3 Å². The van der Waals surface area contributed by atoms with Gasteiger partial charge in [-0.05, 0) is 43.1 Å². The normalized spacial score (nSPS) is 12.2. The monoisotopic (exact) mass is 266 g/mol. The van der Waals surface area contributed by atoms with Gasteiger partial charge in [0.05, 0.1) is 0 Å². The number of rotatable bonds is 7. The van der Waals surface area contributed by atoms with Crippen molar-refractivity contribution < 1.29 is 9.18 Å². The van der Waals surface area contributed by atoms with Crippen LogP contribution in [-0.4, -0.2) is 19.0 Å². The molecule has 0 bridgehead atoms. The zero-order valence-electron chi connectivity index (χ0n) is 11.7. The van der Waals surface area contributed by atoms with Crippen molar-refractivity contribution in [3.05, 3.63) is 30.1 Å². The van der Waals surface area contributed by atoms with Crippen LogP contribution in [-0.2, 0) is 4.79 Å². The van der Waals surface area contributed by atoms with Crippen LogP contribution in [0.4, 0.5) is 10.1 Å². The summed E-state index contributed by atoms with van der Waals surface area (Å²) in [5.74, 6) is 0.139. The highest BCUT2D eigenvalue weighted by Gasteiger charge is 2.17. The molecule has 0 fully saturated rings. The minimum Gasteiger partial charge on any atom is -0.330 e. The molecule has 1 aromatic rings. The van der Waals surface area contributed by atoms with Crippen LogP contribution < -0.4 is 10.6 Å². The first-order valence-electron chi connectivity index (χ1n) is 6.84. The first-order chi connectivity index (χ1) is 9.08. The number of benzene rings is 1. The first-order valence-corrected chi connectivity index (χ1v) is 6.84. The zero-order chi connectivity index (χ0) is 14.3. The molecule has 4 heteroatoms. The van der Waals surface area contributed by atoms with Crippen molar-refractivity contribution in [3.63, 3.8) is 0 Å². The molecule has 0 aliphatic carbocycles. The van der Waals surface area contributed by atoms with Crippen LogP contribution in [0, 0.1) is 11.7 Å². The number of hydrogen-bond donors (Lipinski definition) is 1. The van der Waals surface area contributed by atoms with Crippen LogP contribution in [0.1, 0.15) is 33.1 Å². The molecular weight excluding hydrogens is 243 g/mol. The minimum atomic E-state index is -0.295. The third kappa shape index (κ3) is 4.99. The van der Waals surface area contributed by atoms with Crippen LogP contribution in [0.3, 0.4) is 0 Å². The van der Waals surface area contributed by atoms with E-state index in [1.54, 1.807) is 17.0 Å². The van der Waals surface area contributed by atoms with E-state index in [1.165, 1.54) is 12.1 Å². The van der Waals surface area contributed by atoms with Gasteiger partial charge in [0.1, 0.15) is 5.82 Å². The van der Waals surface area contributed by atoms with Gasteiger partial charge in [0.2, 0.25) is 5.91 Å². The molecule has 1 aromatic carbocycles. The van der Waals surface area contributed by atoms with E-state index in [0.717, 1.165) is 18.5 Å². The standard InChI is InChI=1S/C15H23FN2O/c1-3-12(2)11-15(19)18(10-4-9-17)14-7-5-13(16)6-8-14/h5-8,12H,3-4,9-11,17H2,1-2H3. The highest BCUT2D eigenvalue weighted by molar-refractivity contribution is 5.93. The predicted octanol–water partition coefficient (Wildman–Crippen LogP) is 2.94. The van der Waals surface area contributed by atoms with Gasteiger partial charge in [-0.25, -0.2) is 4.39 Å². The second-order valence-corrected chi connectivity index (χ2v) is 4.88. The van der Waals surface area contributed by atoms with E-state index in [4.69, 9.17) is 5.73 Å². The van der Waals surface area contributed by atoms with E-state index in [0.29, 0.717) is 25.4 Å². The third-order valence-corrected chi connectivity index (χ3v) is 3.25. The molecule has 1 rings (SSSR count). The summed E-state index contributed by atoms with van der Waals surface area (Å²) in [4.78, 5) is 14.0. The van der Waals surface area contributed by atoms with E-state index in [9.17, 15) is 9.18 Å². The molecule has 0 aromatic heterocycles. The fourth-order valence-electron chi connectivity index (χ4n) is 1.82. The molecule has 1 unspecified atom stereocenters. The highest BCUT2D eigenvalue weighted by atomic mass is 19.1. The van der Waals surface area contributed by atoms with Crippen molar-refractivity contribution in [2.24, 2.45) is 11.7 Å². The van der Waals surface area contributed by atoms with Crippen LogP contribution in [0.5, 0.6) is 0 Å². The van der Waals surface area contributed by atoms with E-state index >= 15 is 0 Å². The molecule has 1 amide bonds. The van der Waals surface area contributed by atoms with Gasteiger partial charge in [-0.2, -0.15) is 0 Å². The Hall–Kier alpha value is -1.42. The molecule has 0 saturated heterocycles. The first kappa shape index (κ1) is 15.6. The van der Waals surface area contributed by atoms with Crippen LogP contribution >= 0.6 is 0 Å². The van der Waals surface area contributed by atoms with Gasteiger partial charge >= 0.3 is 0 Å². The maximum absolute atomic E-state index is 12.9. The van der Waals surface area contributed by atoms with Crippen LogP contribution in [0.15, 0.2) is 24.3 Å². The molecule has 0 aliphatic rings. The second kappa shape index (κ2) is 7.89. The number of carbonyl (C=O) groups excluding carboxylic acids is 1. The topological polar surface area (TPSA) is 46.3 Å². The Kier molecular flexibility index (Phi) is 6.50. The van der Waals surface area contributed by atoms with Gasteiger partial charge in [0.25, 0.3) is 0 Å². The summed E-state index contributed by atoms with van der Waals surface area (Å²) in [6.07, 6.45) is 2.22. The fourth-order valence-corrected chi connectivity index (χ4v) is 1.82. The summed E-state index contributed by atoms with van der Waals surface area (Å²) < 4.78 is 12.9. The lowest BCUT2D eigenvalue weighted by molar-refractivity contribution is -0.119. The van der Waals surface area contributed by atoms with Gasteiger partial charge in [0.15, 0.2) is 0 Å². The number of nitrogens with zero attached hydrogens (tertiary/aromatic N) is 1. The molecule has 3 nitrogen and oxygen atoms in total. The van der Waals surface area contributed by atoms with Crippen molar-refractivity contribution in [1.82, 2.24) is 0 Å². The Morgan fingerprint density at radius 3 is 2.53 bits per heavy atom. The SMILES string of the molecule is CCC(C)CC(=O)N(CCCN)c1ccc(F)cc1. The summed E-state index contributed by atoms with van der Waals surface area (Å²) in [6, 6.07) is 6.03. The van der Waals surface area contributed by atoms with Gasteiger partial charge in [-0.3, -0.25) is 4.79 Å². The quantitative estimate of drug-likeness (QED) is 0.824. The lowest BCUT2D eigenvalue weighted by Crippen LogP contribution is -2.33.